The Hall–Kier alpha value is -2.46. The number of carbonyl (C=O) groups is 1. The van der Waals surface area contributed by atoms with Crippen LogP contribution in [0.25, 0.3) is 5.65 Å². The van der Waals surface area contributed by atoms with Crippen LogP contribution in [0, 0.1) is 31.1 Å². The van der Waals surface area contributed by atoms with E-state index in [4.69, 9.17) is 10.00 Å². The zero-order chi connectivity index (χ0) is 18.0. The number of hydrogen-bond donors (Lipinski definition) is 0. The highest BCUT2D eigenvalue weighted by Crippen LogP contribution is 2.19. The topological polar surface area (TPSA) is 83.5 Å². The van der Waals surface area contributed by atoms with Crippen molar-refractivity contribution in [3.8, 4) is 6.07 Å². The van der Waals surface area contributed by atoms with Crippen LogP contribution in [0.3, 0.4) is 0 Å². The quantitative estimate of drug-likeness (QED) is 0.847. The lowest BCUT2D eigenvalue weighted by atomic mass is 10.1. The number of aromatic nitrogens is 3. The van der Waals surface area contributed by atoms with E-state index in [1.165, 1.54) is 6.20 Å². The van der Waals surface area contributed by atoms with Crippen molar-refractivity contribution in [2.45, 2.75) is 33.6 Å². The SMILES string of the molecule is Cc1nc2c(C#N)cnn2c(C)c1CCC(=O)N1CCOCC(C)C1. The average molecular weight is 341 g/mol. The standard InChI is InChI=1S/C18H23N5O2/c1-12-10-22(6-7-25-11-12)17(24)5-4-16-13(2)21-18-15(8-19)9-20-23(18)14(16)3/h9,12H,4-7,10-11H2,1-3H3. The molecule has 2 aromatic heterocycles. The highest BCUT2D eigenvalue weighted by molar-refractivity contribution is 5.76. The lowest BCUT2D eigenvalue weighted by Gasteiger charge is -2.22. The fourth-order valence-electron chi connectivity index (χ4n) is 3.35. The molecule has 3 heterocycles. The fraction of sp³-hybridized carbons (Fsp3) is 0.556. The summed E-state index contributed by atoms with van der Waals surface area (Å²) in [6, 6.07) is 2.11. The van der Waals surface area contributed by atoms with Crippen molar-refractivity contribution < 1.29 is 9.53 Å². The zero-order valence-corrected chi connectivity index (χ0v) is 14.9. The molecule has 0 aromatic carbocycles. The van der Waals surface area contributed by atoms with Gasteiger partial charge in [0.05, 0.1) is 19.4 Å². The van der Waals surface area contributed by atoms with Crippen LogP contribution < -0.4 is 0 Å². The van der Waals surface area contributed by atoms with Crippen molar-refractivity contribution in [3.05, 3.63) is 28.7 Å². The normalized spacial score (nSPS) is 18.2. The molecule has 0 N–H and O–H groups in total. The third-order valence-electron chi connectivity index (χ3n) is 4.71. The van der Waals surface area contributed by atoms with Crippen LogP contribution in [-0.4, -0.2) is 51.7 Å². The van der Waals surface area contributed by atoms with Crippen molar-refractivity contribution >= 4 is 11.6 Å². The number of carbonyl (C=O) groups excluding carboxylic acids is 1. The van der Waals surface area contributed by atoms with Crippen LogP contribution in [0.1, 0.15) is 35.9 Å². The summed E-state index contributed by atoms with van der Waals surface area (Å²) in [5.74, 6) is 0.510. The summed E-state index contributed by atoms with van der Waals surface area (Å²) < 4.78 is 7.20. The van der Waals surface area contributed by atoms with Gasteiger partial charge in [-0.1, -0.05) is 6.92 Å². The average Bonchev–Trinajstić information content (AvgIpc) is 2.87. The Kier molecular flexibility index (Phi) is 5.00. The lowest BCUT2D eigenvalue weighted by molar-refractivity contribution is -0.131. The van der Waals surface area contributed by atoms with Gasteiger partial charge in [0.25, 0.3) is 0 Å². The second-order valence-electron chi connectivity index (χ2n) is 6.69. The summed E-state index contributed by atoms with van der Waals surface area (Å²) in [6.07, 6.45) is 2.59. The van der Waals surface area contributed by atoms with Gasteiger partial charge in [0.1, 0.15) is 11.6 Å². The van der Waals surface area contributed by atoms with Gasteiger partial charge in [-0.05, 0) is 31.7 Å². The number of fused-ring (bicyclic) bond motifs is 1. The molecule has 0 saturated carbocycles. The third-order valence-corrected chi connectivity index (χ3v) is 4.71. The van der Waals surface area contributed by atoms with Gasteiger partial charge in [-0.25, -0.2) is 9.50 Å². The molecule has 1 aliphatic rings. The van der Waals surface area contributed by atoms with Crippen LogP contribution in [-0.2, 0) is 16.0 Å². The van der Waals surface area contributed by atoms with Gasteiger partial charge < -0.3 is 9.64 Å². The van der Waals surface area contributed by atoms with E-state index in [-0.39, 0.29) is 5.91 Å². The molecule has 0 bridgehead atoms. The second kappa shape index (κ2) is 7.19. The summed E-state index contributed by atoms with van der Waals surface area (Å²) in [7, 11) is 0. The first-order valence-corrected chi connectivity index (χ1v) is 8.60. The number of amides is 1. The molecule has 7 nitrogen and oxygen atoms in total. The van der Waals surface area contributed by atoms with Crippen LogP contribution in [0.4, 0.5) is 0 Å². The van der Waals surface area contributed by atoms with Crippen LogP contribution in [0.5, 0.6) is 0 Å². The summed E-state index contributed by atoms with van der Waals surface area (Å²) >= 11 is 0. The number of nitriles is 1. The lowest BCUT2D eigenvalue weighted by Crippen LogP contribution is -2.35. The highest BCUT2D eigenvalue weighted by atomic mass is 16.5. The minimum atomic E-state index is 0.148. The van der Waals surface area contributed by atoms with Crippen molar-refractivity contribution in [3.63, 3.8) is 0 Å². The van der Waals surface area contributed by atoms with Crippen molar-refractivity contribution in [2.75, 3.05) is 26.3 Å². The molecular weight excluding hydrogens is 318 g/mol. The minimum absolute atomic E-state index is 0.148. The van der Waals surface area contributed by atoms with Gasteiger partial charge in [-0.2, -0.15) is 10.4 Å². The largest absolute Gasteiger partial charge is 0.379 e. The van der Waals surface area contributed by atoms with Gasteiger partial charge in [0.15, 0.2) is 5.65 Å². The Labute approximate surface area is 147 Å². The van der Waals surface area contributed by atoms with E-state index in [1.54, 1.807) is 4.52 Å². The molecule has 1 atom stereocenters. The number of rotatable bonds is 3. The van der Waals surface area contributed by atoms with Gasteiger partial charge >= 0.3 is 0 Å². The maximum absolute atomic E-state index is 12.6. The zero-order valence-electron chi connectivity index (χ0n) is 14.9. The predicted octanol–water partition coefficient (Wildman–Crippen LogP) is 1.65. The fourth-order valence-corrected chi connectivity index (χ4v) is 3.35. The van der Waals surface area contributed by atoms with E-state index >= 15 is 0 Å². The van der Waals surface area contributed by atoms with Crippen LogP contribution >= 0.6 is 0 Å². The smallest absolute Gasteiger partial charge is 0.222 e. The Balaban J connectivity index is 1.77. The molecule has 0 spiro atoms. The Morgan fingerprint density at radius 3 is 3.04 bits per heavy atom. The van der Waals surface area contributed by atoms with Gasteiger partial charge in [0, 0.05) is 30.9 Å². The molecule has 1 saturated heterocycles. The van der Waals surface area contributed by atoms with Crippen molar-refractivity contribution in [1.29, 1.82) is 5.26 Å². The molecule has 2 aromatic rings. The number of nitrogens with zero attached hydrogens (tertiary/aromatic N) is 5. The molecule has 0 radical (unpaired) electrons. The van der Waals surface area contributed by atoms with Crippen molar-refractivity contribution in [1.82, 2.24) is 19.5 Å². The number of hydrogen-bond acceptors (Lipinski definition) is 5. The first kappa shape index (κ1) is 17.4. The Morgan fingerprint density at radius 2 is 2.28 bits per heavy atom. The van der Waals surface area contributed by atoms with E-state index in [0.29, 0.717) is 49.7 Å². The second-order valence-corrected chi connectivity index (χ2v) is 6.69. The Morgan fingerprint density at radius 1 is 1.48 bits per heavy atom. The van der Waals surface area contributed by atoms with Gasteiger partial charge in [-0.3, -0.25) is 4.79 Å². The molecule has 1 aliphatic heterocycles. The molecule has 1 amide bonds. The summed E-state index contributed by atoms with van der Waals surface area (Å²) in [5.41, 5.74) is 3.85. The monoisotopic (exact) mass is 341 g/mol. The van der Waals surface area contributed by atoms with E-state index in [9.17, 15) is 4.79 Å². The summed E-state index contributed by atoms with van der Waals surface area (Å²) in [5, 5.41) is 13.4. The highest BCUT2D eigenvalue weighted by Gasteiger charge is 2.21. The number of aryl methyl sites for hydroxylation is 2. The predicted molar refractivity (Wildman–Crippen MR) is 92.1 cm³/mol. The van der Waals surface area contributed by atoms with E-state index < -0.39 is 0 Å². The minimum Gasteiger partial charge on any atom is -0.379 e. The van der Waals surface area contributed by atoms with E-state index in [1.807, 2.05) is 18.7 Å². The molecule has 25 heavy (non-hydrogen) atoms. The third kappa shape index (κ3) is 3.49. The maximum Gasteiger partial charge on any atom is 0.222 e. The van der Waals surface area contributed by atoms with Crippen LogP contribution in [0.15, 0.2) is 6.20 Å². The van der Waals surface area contributed by atoms with Crippen molar-refractivity contribution in [2.24, 2.45) is 5.92 Å². The first-order valence-electron chi connectivity index (χ1n) is 8.60. The molecule has 132 valence electrons. The molecule has 3 rings (SSSR count). The first-order chi connectivity index (χ1) is 12.0. The van der Waals surface area contributed by atoms with E-state index in [2.05, 4.69) is 23.1 Å². The molecule has 1 fully saturated rings. The summed E-state index contributed by atoms with van der Waals surface area (Å²) in [4.78, 5) is 19.0. The molecule has 1 unspecified atom stereocenters. The molecular formula is C18H23N5O2. The summed E-state index contributed by atoms with van der Waals surface area (Å²) in [6.45, 7) is 8.69. The van der Waals surface area contributed by atoms with Crippen LogP contribution in [0.2, 0.25) is 0 Å². The van der Waals surface area contributed by atoms with E-state index in [0.717, 1.165) is 23.5 Å². The molecule has 7 heteroatoms. The Bertz CT molecular complexity index is 836. The molecule has 0 aliphatic carbocycles. The van der Waals surface area contributed by atoms with Gasteiger partial charge in [0.2, 0.25) is 5.91 Å². The van der Waals surface area contributed by atoms with Gasteiger partial charge in [-0.15, -0.1) is 0 Å². The number of ether oxygens (including phenoxy) is 1. The maximum atomic E-state index is 12.6.